The molecule has 0 bridgehead atoms. The van der Waals surface area contributed by atoms with E-state index >= 15 is 0 Å². The number of nitrogens with zero attached hydrogens (tertiary/aromatic N) is 2. The lowest BCUT2D eigenvalue weighted by Gasteiger charge is -2.22. The molecule has 0 aromatic heterocycles. The molecular weight excluding hydrogens is 218 g/mol. The Balaban J connectivity index is 3.64. The van der Waals surface area contributed by atoms with Gasteiger partial charge < -0.3 is 20.6 Å². The van der Waals surface area contributed by atoms with Gasteiger partial charge in [0.05, 0.1) is 0 Å². The van der Waals surface area contributed by atoms with Gasteiger partial charge in [-0.25, -0.2) is 0 Å². The molecule has 5 nitrogen and oxygen atoms in total. The van der Waals surface area contributed by atoms with E-state index < -0.39 is 11.5 Å². The van der Waals surface area contributed by atoms with Gasteiger partial charge in [-0.3, -0.25) is 4.79 Å². The van der Waals surface area contributed by atoms with Crippen molar-refractivity contribution >= 4 is 5.97 Å². The lowest BCUT2D eigenvalue weighted by molar-refractivity contribution is -0.142. The van der Waals surface area contributed by atoms with Gasteiger partial charge in [-0.1, -0.05) is 0 Å². The van der Waals surface area contributed by atoms with Crippen molar-refractivity contribution in [1.29, 1.82) is 0 Å². The fourth-order valence-corrected chi connectivity index (χ4v) is 1.59. The summed E-state index contributed by atoms with van der Waals surface area (Å²) in [5.41, 5.74) is 4.57. The maximum Gasteiger partial charge on any atom is 0.323 e. The average molecular weight is 245 g/mol. The van der Waals surface area contributed by atoms with Gasteiger partial charge in [-0.15, -0.1) is 0 Å². The molecule has 0 aromatic carbocycles. The summed E-state index contributed by atoms with van der Waals surface area (Å²) in [6.07, 6.45) is 2.46. The third kappa shape index (κ3) is 8.12. The second kappa shape index (κ2) is 7.63. The highest BCUT2D eigenvalue weighted by atomic mass is 16.4. The Morgan fingerprint density at radius 1 is 1.18 bits per heavy atom. The van der Waals surface area contributed by atoms with Gasteiger partial charge in [-0.05, 0) is 67.0 Å². The zero-order chi connectivity index (χ0) is 13.5. The number of hydrogen-bond donors (Lipinski definition) is 2. The number of carboxylic acid groups (broad SMARTS) is 1. The van der Waals surface area contributed by atoms with E-state index in [9.17, 15) is 4.79 Å². The van der Waals surface area contributed by atoms with E-state index in [1.54, 1.807) is 6.92 Å². The van der Waals surface area contributed by atoms with Crippen molar-refractivity contribution in [3.8, 4) is 0 Å². The van der Waals surface area contributed by atoms with Crippen molar-refractivity contribution in [2.24, 2.45) is 5.73 Å². The van der Waals surface area contributed by atoms with Gasteiger partial charge in [0.1, 0.15) is 5.54 Å². The highest BCUT2D eigenvalue weighted by Gasteiger charge is 2.26. The van der Waals surface area contributed by atoms with E-state index in [-0.39, 0.29) is 0 Å². The van der Waals surface area contributed by atoms with Crippen LogP contribution in [0.1, 0.15) is 26.2 Å². The number of nitrogens with two attached hydrogens (primary N) is 1. The Kier molecular flexibility index (Phi) is 7.34. The normalized spacial score (nSPS) is 15.2. The van der Waals surface area contributed by atoms with Crippen LogP contribution in [0.5, 0.6) is 0 Å². The zero-order valence-corrected chi connectivity index (χ0v) is 11.6. The summed E-state index contributed by atoms with van der Waals surface area (Å²) in [5.74, 6) is -0.923. The van der Waals surface area contributed by atoms with E-state index in [2.05, 4.69) is 30.9 Å². The predicted octanol–water partition coefficient (Wildman–Crippen LogP) is 0.452. The largest absolute Gasteiger partial charge is 0.480 e. The quantitative estimate of drug-likeness (QED) is 0.617. The van der Waals surface area contributed by atoms with Crippen molar-refractivity contribution in [1.82, 2.24) is 9.80 Å². The van der Waals surface area contributed by atoms with Gasteiger partial charge in [0.2, 0.25) is 0 Å². The summed E-state index contributed by atoms with van der Waals surface area (Å²) < 4.78 is 0. The highest BCUT2D eigenvalue weighted by molar-refractivity contribution is 5.77. The van der Waals surface area contributed by atoms with Crippen LogP contribution in [0.25, 0.3) is 0 Å². The molecule has 0 saturated carbocycles. The lowest BCUT2D eigenvalue weighted by atomic mass is 9.97. The molecule has 0 rings (SSSR count). The predicted molar refractivity (Wildman–Crippen MR) is 70.1 cm³/mol. The van der Waals surface area contributed by atoms with E-state index in [1.165, 1.54) is 0 Å². The molecule has 0 aliphatic heterocycles. The van der Waals surface area contributed by atoms with Crippen LogP contribution in [0.3, 0.4) is 0 Å². The first-order valence-electron chi connectivity index (χ1n) is 6.11. The average Bonchev–Trinajstić information content (AvgIpc) is 2.16. The van der Waals surface area contributed by atoms with Gasteiger partial charge in [-0.2, -0.15) is 0 Å². The van der Waals surface area contributed by atoms with Crippen LogP contribution in [0.4, 0.5) is 0 Å². The molecule has 0 heterocycles. The minimum Gasteiger partial charge on any atom is -0.480 e. The van der Waals surface area contributed by atoms with Crippen LogP contribution in [0.15, 0.2) is 0 Å². The summed E-state index contributed by atoms with van der Waals surface area (Å²) in [6, 6.07) is 0. The molecule has 0 saturated heterocycles. The zero-order valence-electron chi connectivity index (χ0n) is 11.6. The molecule has 5 heteroatoms. The molecule has 0 aliphatic carbocycles. The SMILES string of the molecule is CN(C)CCCN(C)CCCC(C)(N)C(=O)O. The summed E-state index contributed by atoms with van der Waals surface area (Å²) >= 11 is 0. The van der Waals surface area contributed by atoms with Gasteiger partial charge in [0, 0.05) is 0 Å². The fourth-order valence-electron chi connectivity index (χ4n) is 1.59. The molecule has 0 spiro atoms. The Labute approximate surface area is 105 Å². The Bertz CT molecular complexity index is 230. The molecule has 102 valence electrons. The fraction of sp³-hybridized carbons (Fsp3) is 0.917. The van der Waals surface area contributed by atoms with Crippen molar-refractivity contribution in [3.63, 3.8) is 0 Å². The minimum atomic E-state index is -1.09. The summed E-state index contributed by atoms with van der Waals surface area (Å²) in [4.78, 5) is 15.2. The maximum absolute atomic E-state index is 10.8. The molecule has 0 amide bonds. The minimum absolute atomic E-state index is 0.514. The number of carboxylic acids is 1. The van der Waals surface area contributed by atoms with Gasteiger partial charge in [0.15, 0.2) is 0 Å². The smallest absolute Gasteiger partial charge is 0.323 e. The third-order valence-corrected chi connectivity index (χ3v) is 2.87. The standard InChI is InChI=1S/C12H27N3O2/c1-12(13,11(16)17)7-5-9-15(4)10-6-8-14(2)3/h5-10,13H2,1-4H3,(H,16,17). The first-order valence-corrected chi connectivity index (χ1v) is 6.11. The van der Waals surface area contributed by atoms with E-state index in [0.29, 0.717) is 6.42 Å². The maximum atomic E-state index is 10.8. The van der Waals surface area contributed by atoms with E-state index in [0.717, 1.165) is 32.5 Å². The van der Waals surface area contributed by atoms with Crippen molar-refractivity contribution < 1.29 is 9.90 Å². The summed E-state index contributed by atoms with van der Waals surface area (Å²) in [5, 5.41) is 8.86. The number of carbonyl (C=O) groups is 1. The van der Waals surface area contributed by atoms with Crippen LogP contribution in [-0.2, 0) is 4.79 Å². The molecule has 17 heavy (non-hydrogen) atoms. The van der Waals surface area contributed by atoms with Crippen LogP contribution >= 0.6 is 0 Å². The first-order chi connectivity index (χ1) is 7.75. The monoisotopic (exact) mass is 245 g/mol. The summed E-state index contributed by atoms with van der Waals surface area (Å²) in [6.45, 7) is 4.58. The van der Waals surface area contributed by atoms with Gasteiger partial charge in [0.25, 0.3) is 0 Å². The Morgan fingerprint density at radius 2 is 1.71 bits per heavy atom. The summed E-state index contributed by atoms with van der Waals surface area (Å²) in [7, 11) is 6.18. The van der Waals surface area contributed by atoms with Crippen LogP contribution < -0.4 is 5.73 Å². The van der Waals surface area contributed by atoms with Crippen LogP contribution in [0.2, 0.25) is 0 Å². The highest BCUT2D eigenvalue weighted by Crippen LogP contribution is 2.09. The Hall–Kier alpha value is -0.650. The molecular formula is C12H27N3O2. The molecule has 0 aromatic rings. The molecule has 0 radical (unpaired) electrons. The second-order valence-corrected chi connectivity index (χ2v) is 5.29. The second-order valence-electron chi connectivity index (χ2n) is 5.29. The molecule has 3 N–H and O–H groups in total. The number of aliphatic carboxylic acids is 1. The topological polar surface area (TPSA) is 69.8 Å². The molecule has 0 aliphatic rings. The molecule has 1 unspecified atom stereocenters. The van der Waals surface area contributed by atoms with Crippen LogP contribution in [0, 0.1) is 0 Å². The van der Waals surface area contributed by atoms with Crippen molar-refractivity contribution in [2.75, 3.05) is 40.8 Å². The molecule has 1 atom stereocenters. The van der Waals surface area contributed by atoms with Gasteiger partial charge >= 0.3 is 5.97 Å². The van der Waals surface area contributed by atoms with E-state index in [4.69, 9.17) is 10.8 Å². The van der Waals surface area contributed by atoms with E-state index in [1.807, 2.05) is 0 Å². The molecule has 0 fully saturated rings. The third-order valence-electron chi connectivity index (χ3n) is 2.87. The Morgan fingerprint density at radius 3 is 2.18 bits per heavy atom. The van der Waals surface area contributed by atoms with Crippen molar-refractivity contribution in [2.45, 2.75) is 31.7 Å². The number of hydrogen-bond acceptors (Lipinski definition) is 4. The number of rotatable bonds is 9. The van der Waals surface area contributed by atoms with Crippen LogP contribution in [-0.4, -0.2) is 67.2 Å². The lowest BCUT2D eigenvalue weighted by Crippen LogP contribution is -2.45. The van der Waals surface area contributed by atoms with Crippen molar-refractivity contribution in [3.05, 3.63) is 0 Å². The first kappa shape index (κ1) is 16.4.